The van der Waals surface area contributed by atoms with Crippen molar-refractivity contribution in [3.05, 3.63) is 59.8 Å². The number of fused-ring (bicyclic) bond motifs is 1. The average molecular weight is 448 g/mol. The van der Waals surface area contributed by atoms with Crippen LogP contribution in [0, 0.1) is 6.92 Å². The number of aromatic nitrogens is 5. The van der Waals surface area contributed by atoms with E-state index in [2.05, 4.69) is 25.7 Å². The monoisotopic (exact) mass is 448 g/mol. The Hall–Kier alpha value is -3.74. The van der Waals surface area contributed by atoms with Crippen LogP contribution in [-0.4, -0.2) is 44.8 Å². The zero-order valence-corrected chi connectivity index (χ0v) is 16.7. The van der Waals surface area contributed by atoms with Crippen LogP contribution in [0.4, 0.5) is 8.78 Å². The average Bonchev–Trinajstić information content (AvgIpc) is 3.37. The maximum Gasteiger partial charge on any atom is 0.341 e. The second-order valence-electron chi connectivity index (χ2n) is 6.39. The van der Waals surface area contributed by atoms with Crippen molar-refractivity contribution >= 4 is 21.4 Å². The Kier molecular flexibility index (Phi) is 5.19. The molecule has 31 heavy (non-hydrogen) atoms. The van der Waals surface area contributed by atoms with Crippen LogP contribution in [0.1, 0.15) is 22.0 Å². The highest BCUT2D eigenvalue weighted by Gasteiger charge is 2.30. The molecule has 1 N–H and O–H groups in total. The lowest BCUT2D eigenvalue weighted by molar-refractivity contribution is 0.0946. The van der Waals surface area contributed by atoms with Gasteiger partial charge < -0.3 is 9.84 Å². The second-order valence-corrected chi connectivity index (χ2v) is 8.28. The second kappa shape index (κ2) is 7.83. The summed E-state index contributed by atoms with van der Waals surface area (Å²) in [4.78, 5) is 15.9. The SMILES string of the molecule is Cc1noc(-c2ccn3c(CNC(=O)c4ccccc4S(=O)(=O)C(F)F)nnc3c2)n1. The Morgan fingerprint density at radius 3 is 2.71 bits per heavy atom. The molecule has 0 fully saturated rings. The van der Waals surface area contributed by atoms with E-state index in [4.69, 9.17) is 4.52 Å². The number of halogens is 2. The number of benzene rings is 1. The van der Waals surface area contributed by atoms with Gasteiger partial charge in [0.1, 0.15) is 0 Å². The van der Waals surface area contributed by atoms with Crippen molar-refractivity contribution in [2.24, 2.45) is 0 Å². The summed E-state index contributed by atoms with van der Waals surface area (Å²) in [6, 6.07) is 8.12. The summed E-state index contributed by atoms with van der Waals surface area (Å²) in [6.07, 6.45) is 1.64. The Morgan fingerprint density at radius 2 is 2.00 bits per heavy atom. The van der Waals surface area contributed by atoms with Crippen molar-refractivity contribution < 1.29 is 26.5 Å². The number of pyridine rings is 1. The lowest BCUT2D eigenvalue weighted by Gasteiger charge is -2.10. The first-order chi connectivity index (χ1) is 14.8. The van der Waals surface area contributed by atoms with Gasteiger partial charge in [0.2, 0.25) is 9.84 Å². The number of nitrogens with one attached hydrogen (secondary N) is 1. The van der Waals surface area contributed by atoms with E-state index < -0.39 is 26.4 Å². The molecule has 0 saturated carbocycles. The fourth-order valence-electron chi connectivity index (χ4n) is 2.86. The summed E-state index contributed by atoms with van der Waals surface area (Å²) in [7, 11) is -4.94. The van der Waals surface area contributed by atoms with Crippen LogP contribution in [0.25, 0.3) is 17.1 Å². The van der Waals surface area contributed by atoms with Crippen molar-refractivity contribution in [2.45, 2.75) is 24.1 Å². The molecule has 13 heteroatoms. The number of carbonyl (C=O) groups excluding carboxylic acids is 1. The molecular weight excluding hydrogens is 434 g/mol. The van der Waals surface area contributed by atoms with Crippen molar-refractivity contribution in [1.82, 2.24) is 30.1 Å². The Bertz CT molecular complexity index is 1380. The number of alkyl halides is 2. The Morgan fingerprint density at radius 1 is 1.23 bits per heavy atom. The Balaban J connectivity index is 1.56. The van der Waals surface area contributed by atoms with Gasteiger partial charge >= 0.3 is 5.76 Å². The third kappa shape index (κ3) is 3.86. The van der Waals surface area contributed by atoms with Crippen molar-refractivity contribution in [2.75, 3.05) is 0 Å². The number of amides is 1. The van der Waals surface area contributed by atoms with E-state index in [0.29, 0.717) is 28.8 Å². The van der Waals surface area contributed by atoms with E-state index in [1.165, 1.54) is 12.1 Å². The molecule has 3 heterocycles. The molecule has 0 radical (unpaired) electrons. The molecule has 4 rings (SSSR count). The molecule has 0 bridgehead atoms. The van der Waals surface area contributed by atoms with Crippen LogP contribution in [-0.2, 0) is 16.4 Å². The minimum Gasteiger partial charge on any atom is -0.345 e. The fraction of sp³-hybridized carbons (Fsp3) is 0.167. The van der Waals surface area contributed by atoms with Crippen molar-refractivity contribution in [3.8, 4) is 11.5 Å². The first kappa shape index (κ1) is 20.5. The number of aryl methyl sites for hydroxylation is 1. The minimum absolute atomic E-state index is 0.123. The highest BCUT2D eigenvalue weighted by atomic mass is 32.2. The van der Waals surface area contributed by atoms with Gasteiger partial charge in [-0.2, -0.15) is 13.8 Å². The molecule has 10 nitrogen and oxygen atoms in total. The zero-order valence-electron chi connectivity index (χ0n) is 15.9. The van der Waals surface area contributed by atoms with E-state index in [1.807, 2.05) is 0 Å². The van der Waals surface area contributed by atoms with Crippen LogP contribution in [0.15, 0.2) is 52.0 Å². The van der Waals surface area contributed by atoms with Crippen LogP contribution in [0.3, 0.4) is 0 Å². The van der Waals surface area contributed by atoms with E-state index in [9.17, 15) is 22.0 Å². The molecule has 0 spiro atoms. The number of hydrogen-bond acceptors (Lipinski definition) is 8. The van der Waals surface area contributed by atoms with Crippen molar-refractivity contribution in [3.63, 3.8) is 0 Å². The highest BCUT2D eigenvalue weighted by molar-refractivity contribution is 7.91. The van der Waals surface area contributed by atoms with Gasteiger partial charge in [-0.1, -0.05) is 17.3 Å². The van der Waals surface area contributed by atoms with Crippen molar-refractivity contribution in [1.29, 1.82) is 0 Å². The lowest BCUT2D eigenvalue weighted by Crippen LogP contribution is -2.26. The largest absolute Gasteiger partial charge is 0.345 e. The van der Waals surface area contributed by atoms with Gasteiger partial charge in [-0.15, -0.1) is 10.2 Å². The molecule has 4 aromatic rings. The number of rotatable bonds is 6. The van der Waals surface area contributed by atoms with Crippen LogP contribution in [0.5, 0.6) is 0 Å². The lowest BCUT2D eigenvalue weighted by atomic mass is 10.2. The molecule has 3 aromatic heterocycles. The topological polar surface area (TPSA) is 132 Å². The normalized spacial score (nSPS) is 11.9. The third-order valence-electron chi connectivity index (χ3n) is 4.33. The van der Waals surface area contributed by atoms with Gasteiger partial charge in [-0.25, -0.2) is 8.42 Å². The summed E-state index contributed by atoms with van der Waals surface area (Å²) < 4.78 is 56.2. The molecule has 0 saturated heterocycles. The summed E-state index contributed by atoms with van der Waals surface area (Å²) in [6.45, 7) is 1.57. The Labute approximate surface area is 173 Å². The molecule has 1 aromatic carbocycles. The van der Waals surface area contributed by atoms with Gasteiger partial charge in [0.25, 0.3) is 11.8 Å². The summed E-state index contributed by atoms with van der Waals surface area (Å²) in [5.41, 5.74) is 0.686. The predicted molar refractivity (Wildman–Crippen MR) is 102 cm³/mol. The van der Waals surface area contributed by atoms with E-state index in [1.54, 1.807) is 29.7 Å². The molecular formula is C18H14F2N6O4S. The molecule has 0 atom stereocenters. The predicted octanol–water partition coefficient (Wildman–Crippen LogP) is 2.01. The third-order valence-corrected chi connectivity index (χ3v) is 5.77. The van der Waals surface area contributed by atoms with Gasteiger partial charge in [-0.3, -0.25) is 9.20 Å². The first-order valence-corrected chi connectivity index (χ1v) is 10.4. The molecule has 160 valence electrons. The standard InChI is InChI=1S/C18H14F2N6O4S/c1-10-22-17(30-25-10)11-6-7-26-14(8-11)23-24-15(26)9-21-16(27)12-4-2-3-5-13(12)31(28,29)18(19)20/h2-8,18H,9H2,1H3,(H,21,27). The summed E-state index contributed by atoms with van der Waals surface area (Å²) >= 11 is 0. The first-order valence-electron chi connectivity index (χ1n) is 8.81. The number of sulfone groups is 1. The smallest absolute Gasteiger partial charge is 0.341 e. The highest BCUT2D eigenvalue weighted by Crippen LogP contribution is 2.22. The zero-order chi connectivity index (χ0) is 22.2. The molecule has 0 aliphatic rings. The summed E-state index contributed by atoms with van der Waals surface area (Å²) in [5, 5.41) is 14.2. The van der Waals surface area contributed by atoms with Gasteiger partial charge in [0, 0.05) is 11.8 Å². The molecule has 0 aliphatic heterocycles. The fourth-order valence-corrected chi connectivity index (χ4v) is 3.79. The maximum absolute atomic E-state index is 12.9. The van der Waals surface area contributed by atoms with E-state index in [-0.39, 0.29) is 12.1 Å². The number of hydrogen-bond donors (Lipinski definition) is 1. The molecule has 1 amide bonds. The summed E-state index contributed by atoms with van der Waals surface area (Å²) in [5.74, 6) is -3.34. The van der Waals surface area contributed by atoms with Gasteiger partial charge in [-0.05, 0) is 31.2 Å². The van der Waals surface area contributed by atoms with E-state index >= 15 is 0 Å². The molecule has 0 aliphatic carbocycles. The van der Waals surface area contributed by atoms with Crippen LogP contribution in [0.2, 0.25) is 0 Å². The number of nitrogens with zero attached hydrogens (tertiary/aromatic N) is 5. The van der Waals surface area contributed by atoms with E-state index in [0.717, 1.165) is 12.1 Å². The van der Waals surface area contributed by atoms with Gasteiger partial charge in [0.15, 0.2) is 17.3 Å². The van der Waals surface area contributed by atoms with Crippen LogP contribution >= 0.6 is 0 Å². The van der Waals surface area contributed by atoms with Crippen LogP contribution < -0.4 is 5.32 Å². The molecule has 0 unspecified atom stereocenters. The number of carbonyl (C=O) groups is 1. The minimum atomic E-state index is -4.94. The quantitative estimate of drug-likeness (QED) is 0.474. The maximum atomic E-state index is 12.9. The van der Waals surface area contributed by atoms with Gasteiger partial charge in [0.05, 0.1) is 17.0 Å².